The second-order valence-electron chi connectivity index (χ2n) is 16.2. The minimum Gasteiger partial charge on any atom is -0.459 e. The lowest BCUT2D eigenvalue weighted by Crippen LogP contribution is -2.60. The van der Waals surface area contributed by atoms with Gasteiger partial charge in [0.25, 0.3) is 0 Å². The largest absolute Gasteiger partial charge is 0.459 e. The predicted molar refractivity (Wildman–Crippen MR) is 186 cm³/mol. The molecule has 0 aromatic carbocycles. The molecule has 3 rings (SSSR count). The Balaban J connectivity index is 2.17. The van der Waals surface area contributed by atoms with Gasteiger partial charge in [0.2, 0.25) is 0 Å². The first-order chi connectivity index (χ1) is 23.6. The van der Waals surface area contributed by atoms with Crippen LogP contribution in [-0.4, -0.2) is 144 Å². The molecule has 0 saturated carbocycles. The number of methoxy groups -OCH3 is 2. The molecule has 5 unspecified atom stereocenters. The Morgan fingerprint density at radius 3 is 2.06 bits per heavy atom. The van der Waals surface area contributed by atoms with Crippen molar-refractivity contribution < 1.29 is 63.2 Å². The molecule has 3 heterocycles. The minimum atomic E-state index is -1.96. The first-order valence-electron chi connectivity index (χ1n) is 18.4. The third-order valence-electron chi connectivity index (χ3n) is 12.1. The van der Waals surface area contributed by atoms with Crippen LogP contribution in [0, 0.1) is 23.7 Å². The maximum absolute atomic E-state index is 13.9. The molecule has 0 radical (unpaired) electrons. The average Bonchev–Trinajstić information content (AvgIpc) is 3.07. The van der Waals surface area contributed by atoms with Gasteiger partial charge in [-0.25, -0.2) is 0 Å². The van der Waals surface area contributed by atoms with Crippen LogP contribution in [0.2, 0.25) is 0 Å². The van der Waals surface area contributed by atoms with E-state index in [1.165, 1.54) is 14.0 Å². The van der Waals surface area contributed by atoms with Gasteiger partial charge >= 0.3 is 5.97 Å². The highest BCUT2D eigenvalue weighted by Gasteiger charge is 2.52. The lowest BCUT2D eigenvalue weighted by atomic mass is 9.74. The highest BCUT2D eigenvalue weighted by Crippen LogP contribution is 2.41. The summed E-state index contributed by atoms with van der Waals surface area (Å²) in [7, 11) is 6.79. The molecule has 0 amide bonds. The Bertz CT molecular complexity index is 1160. The molecule has 0 bridgehead atoms. The van der Waals surface area contributed by atoms with E-state index in [0.29, 0.717) is 6.42 Å². The normalized spacial score (nSPS) is 48.3. The van der Waals surface area contributed by atoms with Crippen LogP contribution in [0.1, 0.15) is 94.4 Å². The number of cyclic esters (lactones) is 1. The van der Waals surface area contributed by atoms with E-state index < -0.39 is 95.8 Å². The van der Waals surface area contributed by atoms with Crippen molar-refractivity contribution >= 4 is 11.8 Å². The molecule has 3 aliphatic rings. The lowest BCUT2D eigenvalue weighted by molar-refractivity contribution is -0.334. The maximum Gasteiger partial charge on any atom is 0.308 e. The van der Waals surface area contributed by atoms with Gasteiger partial charge in [0.15, 0.2) is 18.9 Å². The van der Waals surface area contributed by atoms with Gasteiger partial charge in [-0.2, -0.15) is 0 Å². The Morgan fingerprint density at radius 1 is 0.902 bits per heavy atom. The van der Waals surface area contributed by atoms with Crippen molar-refractivity contribution in [1.82, 2.24) is 4.90 Å². The minimum absolute atomic E-state index is 0.109. The van der Waals surface area contributed by atoms with Gasteiger partial charge < -0.3 is 58.5 Å². The van der Waals surface area contributed by atoms with Crippen molar-refractivity contribution in [2.24, 2.45) is 23.7 Å². The molecule has 14 nitrogen and oxygen atoms in total. The average molecular weight is 734 g/mol. The maximum atomic E-state index is 13.9. The molecule has 0 aliphatic carbocycles. The first kappa shape index (κ1) is 44.1. The van der Waals surface area contributed by atoms with E-state index in [4.69, 9.17) is 33.2 Å². The summed E-state index contributed by atoms with van der Waals surface area (Å²) in [6.07, 6.45) is -8.61. The van der Waals surface area contributed by atoms with Crippen LogP contribution in [0.4, 0.5) is 0 Å². The third kappa shape index (κ3) is 9.69. The fourth-order valence-electron chi connectivity index (χ4n) is 8.17. The number of aliphatic hydroxyl groups is 4. The summed E-state index contributed by atoms with van der Waals surface area (Å²) in [6.45, 7) is 15.5. The van der Waals surface area contributed by atoms with Gasteiger partial charge in [-0.1, -0.05) is 34.6 Å². The van der Waals surface area contributed by atoms with Gasteiger partial charge in [-0.05, 0) is 61.1 Å². The van der Waals surface area contributed by atoms with E-state index in [-0.39, 0.29) is 43.6 Å². The van der Waals surface area contributed by atoms with Crippen molar-refractivity contribution in [3.63, 3.8) is 0 Å². The van der Waals surface area contributed by atoms with Crippen LogP contribution in [0.3, 0.4) is 0 Å². The van der Waals surface area contributed by atoms with Crippen molar-refractivity contribution in [3.8, 4) is 0 Å². The van der Waals surface area contributed by atoms with Crippen LogP contribution < -0.4 is 0 Å². The lowest BCUT2D eigenvalue weighted by Gasteiger charge is -2.49. The molecule has 0 aromatic rings. The summed E-state index contributed by atoms with van der Waals surface area (Å²) >= 11 is 0. The number of carbonyl (C=O) groups is 2. The van der Waals surface area contributed by atoms with E-state index in [9.17, 15) is 30.0 Å². The number of likely N-dealkylation sites (N-methyl/N-ethyl adjacent to an activating group) is 1. The van der Waals surface area contributed by atoms with Gasteiger partial charge in [0.1, 0.15) is 23.6 Å². The zero-order chi connectivity index (χ0) is 38.8. The Hall–Kier alpha value is -1.30. The molecular formula is C37H67NO13. The smallest absolute Gasteiger partial charge is 0.308 e. The SMILES string of the molecule is CC[C@H]1OC(=O)C[C@@H](OC2CC(C)(OC)C(C)C(O)O2)[C@H](C)[C@@H](OC2O[C@H](C)C[C@H](N(C)C)[C@H]2O)[C@@](C)(OC)C[C@@H](C)C(=O)[C@H](C)[C@@H](O)[C@]1(C)O. The summed E-state index contributed by atoms with van der Waals surface area (Å²) in [4.78, 5) is 29.7. The fraction of sp³-hybridized carbons (Fsp3) is 0.946. The zero-order valence-corrected chi connectivity index (χ0v) is 33.0. The molecular weight excluding hydrogens is 666 g/mol. The zero-order valence-electron chi connectivity index (χ0n) is 33.0. The number of hydrogen-bond acceptors (Lipinski definition) is 14. The molecule has 0 spiro atoms. The number of ketones is 1. The second-order valence-corrected chi connectivity index (χ2v) is 16.2. The van der Waals surface area contributed by atoms with Gasteiger partial charge in [0.05, 0.1) is 42.0 Å². The second kappa shape index (κ2) is 17.4. The summed E-state index contributed by atoms with van der Waals surface area (Å²) in [5.74, 6) is -3.86. The topological polar surface area (TPSA) is 183 Å². The summed E-state index contributed by atoms with van der Waals surface area (Å²) in [5, 5.41) is 45.3. The molecule has 4 N–H and O–H groups in total. The molecule has 3 saturated heterocycles. The van der Waals surface area contributed by atoms with Crippen molar-refractivity contribution in [2.45, 2.75) is 173 Å². The molecule has 14 heteroatoms. The quantitative estimate of drug-likeness (QED) is 0.267. The van der Waals surface area contributed by atoms with Crippen molar-refractivity contribution in [3.05, 3.63) is 0 Å². The molecule has 51 heavy (non-hydrogen) atoms. The third-order valence-corrected chi connectivity index (χ3v) is 12.1. The van der Waals surface area contributed by atoms with Crippen LogP contribution >= 0.6 is 0 Å². The highest BCUT2D eigenvalue weighted by molar-refractivity contribution is 5.83. The number of hydrogen-bond donors (Lipinski definition) is 4. The molecule has 3 fully saturated rings. The number of aliphatic hydroxyl groups excluding tert-OH is 3. The molecule has 17 atom stereocenters. The number of rotatable bonds is 8. The van der Waals surface area contributed by atoms with E-state index in [1.54, 1.807) is 34.8 Å². The Kier molecular flexibility index (Phi) is 15.1. The summed E-state index contributed by atoms with van der Waals surface area (Å²) < 4.78 is 43.3. The van der Waals surface area contributed by atoms with Crippen LogP contribution in [0.5, 0.6) is 0 Å². The van der Waals surface area contributed by atoms with Crippen molar-refractivity contribution in [1.29, 1.82) is 0 Å². The van der Waals surface area contributed by atoms with E-state index in [0.717, 1.165) is 0 Å². The number of nitrogens with zero attached hydrogens (tertiary/aromatic N) is 1. The number of Topliss-reactive ketones (excluding diaryl/α,β-unsaturated/α-hetero) is 1. The molecule has 0 aromatic heterocycles. The van der Waals surface area contributed by atoms with E-state index in [1.807, 2.05) is 46.7 Å². The number of ether oxygens (including phenoxy) is 7. The Morgan fingerprint density at radius 2 is 1.51 bits per heavy atom. The van der Waals surface area contributed by atoms with Crippen LogP contribution in [0.15, 0.2) is 0 Å². The first-order valence-corrected chi connectivity index (χ1v) is 18.4. The number of carbonyl (C=O) groups excluding carboxylic acids is 2. The van der Waals surface area contributed by atoms with Gasteiger partial charge in [-0.3, -0.25) is 9.59 Å². The van der Waals surface area contributed by atoms with E-state index in [2.05, 4.69) is 0 Å². The summed E-state index contributed by atoms with van der Waals surface area (Å²) in [6, 6.07) is -0.282. The highest BCUT2D eigenvalue weighted by atomic mass is 16.7. The van der Waals surface area contributed by atoms with E-state index >= 15 is 0 Å². The fourth-order valence-corrected chi connectivity index (χ4v) is 8.17. The standard InChI is InChI=1S/C37H67NO13/c1-14-26-37(9,44)31(42)22(5)29(40)19(2)17-36(8,46-13)32(51-34-30(41)24(38(10)11)15-20(3)47-34)21(4)25(16-27(39)49-26)48-28-18-35(7,45-12)23(6)33(43)50-28/h19-26,28,30-34,41-44H,14-18H2,1-13H3/t19-,20-,21+,22+,23?,24+,25-,26-,28?,30-,31-,32-,33?,34?,35?,36+,37-/m1/s1. The molecule has 298 valence electrons. The van der Waals surface area contributed by atoms with Crippen LogP contribution in [-0.2, 0) is 42.7 Å². The molecule has 3 aliphatic heterocycles. The van der Waals surface area contributed by atoms with Crippen LogP contribution in [0.25, 0.3) is 0 Å². The van der Waals surface area contributed by atoms with Crippen molar-refractivity contribution in [2.75, 3.05) is 28.3 Å². The predicted octanol–water partition coefficient (Wildman–Crippen LogP) is 2.40. The Labute approximate surface area is 304 Å². The summed E-state index contributed by atoms with van der Waals surface area (Å²) in [5.41, 5.74) is -4.03. The van der Waals surface area contributed by atoms with Gasteiger partial charge in [0, 0.05) is 50.4 Å². The monoisotopic (exact) mass is 733 g/mol. The number of esters is 1. The van der Waals surface area contributed by atoms with Gasteiger partial charge in [-0.15, -0.1) is 0 Å².